The van der Waals surface area contributed by atoms with E-state index in [4.69, 9.17) is 28.3 Å². The molecule has 13 heavy (non-hydrogen) atoms. The molecule has 0 aromatic heterocycles. The van der Waals surface area contributed by atoms with Gasteiger partial charge in [-0.2, -0.15) is 0 Å². The lowest BCUT2D eigenvalue weighted by Crippen LogP contribution is -2.24. The molecule has 0 spiro atoms. The molecule has 1 aliphatic rings. The summed E-state index contributed by atoms with van der Waals surface area (Å²) in [6.45, 7) is 1.89. The third-order valence-electron chi connectivity index (χ3n) is 2.11. The lowest BCUT2D eigenvalue weighted by molar-refractivity contribution is -0.141. The second kappa shape index (κ2) is 4.84. The molecule has 1 N–H and O–H groups in total. The van der Waals surface area contributed by atoms with Crippen LogP contribution in [-0.4, -0.2) is 35.6 Å². The van der Waals surface area contributed by atoms with Crippen LogP contribution in [0.5, 0.6) is 0 Å². The topological polar surface area (TPSA) is 40.5 Å². The average Bonchev–Trinajstić information content (AvgIpc) is 2.52. The van der Waals surface area contributed by atoms with E-state index in [2.05, 4.69) is 0 Å². The van der Waals surface area contributed by atoms with Gasteiger partial charge in [-0.25, -0.2) is 0 Å². The monoisotopic (exact) mass is 223 g/mol. The first kappa shape index (κ1) is 10.8. The molecule has 0 aromatic rings. The normalized spacial score (nSPS) is 25.1. The number of nitrogens with zero attached hydrogens (tertiary/aromatic N) is 1. The first-order valence-corrected chi connectivity index (χ1v) is 4.85. The zero-order chi connectivity index (χ0) is 9.84. The highest BCUT2D eigenvalue weighted by atomic mass is 35.5. The highest BCUT2D eigenvalue weighted by Gasteiger charge is 2.27. The van der Waals surface area contributed by atoms with Gasteiger partial charge in [0.25, 0.3) is 0 Å². The zero-order valence-corrected chi connectivity index (χ0v) is 8.55. The van der Waals surface area contributed by atoms with Crippen molar-refractivity contribution in [1.82, 2.24) is 4.90 Å². The zero-order valence-electron chi connectivity index (χ0n) is 7.04. The van der Waals surface area contributed by atoms with Crippen LogP contribution >= 0.6 is 23.2 Å². The summed E-state index contributed by atoms with van der Waals surface area (Å²) in [5, 5.41) is 9.27. The second-order valence-corrected chi connectivity index (χ2v) is 3.82. The molecule has 1 rings (SSSR count). The minimum atomic E-state index is -0.728. The summed E-state index contributed by atoms with van der Waals surface area (Å²) in [6, 6.07) is 0. The van der Waals surface area contributed by atoms with E-state index in [1.165, 1.54) is 5.54 Å². The number of carboxylic acids is 1. The minimum Gasteiger partial charge on any atom is -0.481 e. The van der Waals surface area contributed by atoms with Gasteiger partial charge in [-0.1, -0.05) is 23.2 Å². The number of rotatable bonds is 3. The van der Waals surface area contributed by atoms with Crippen molar-refractivity contribution >= 4 is 29.2 Å². The van der Waals surface area contributed by atoms with Gasteiger partial charge >= 0.3 is 5.97 Å². The molecule has 1 heterocycles. The van der Waals surface area contributed by atoms with Gasteiger partial charge in [0.1, 0.15) is 0 Å². The first-order chi connectivity index (χ1) is 6.13. The van der Waals surface area contributed by atoms with Crippen LogP contribution in [0.4, 0.5) is 0 Å². The van der Waals surface area contributed by atoms with Crippen LogP contribution < -0.4 is 0 Å². The highest BCUT2D eigenvalue weighted by Crippen LogP contribution is 2.18. The van der Waals surface area contributed by atoms with E-state index in [9.17, 15) is 4.79 Å². The fourth-order valence-corrected chi connectivity index (χ4v) is 1.66. The van der Waals surface area contributed by atoms with Gasteiger partial charge in [-0.05, 0) is 13.0 Å². The molecular weight excluding hydrogens is 213 g/mol. The van der Waals surface area contributed by atoms with Crippen molar-refractivity contribution < 1.29 is 9.90 Å². The smallest absolute Gasteiger partial charge is 0.307 e. The van der Waals surface area contributed by atoms with E-state index in [0.29, 0.717) is 24.5 Å². The number of carboxylic acid groups (broad SMARTS) is 1. The Morgan fingerprint density at radius 1 is 1.69 bits per heavy atom. The summed E-state index contributed by atoms with van der Waals surface area (Å²) in [4.78, 5) is 12.6. The highest BCUT2D eigenvalue weighted by molar-refractivity contribution is 6.36. The standard InChI is InChI=1S/C8H11Cl2NO2/c9-3-7(10)5-11-2-1-6(4-11)8(12)13/h3,6H,1-2,4-5H2,(H,12,13). The van der Waals surface area contributed by atoms with Crippen LogP contribution in [0.1, 0.15) is 6.42 Å². The molecule has 5 heteroatoms. The van der Waals surface area contributed by atoms with E-state index in [0.717, 1.165) is 6.54 Å². The van der Waals surface area contributed by atoms with E-state index in [-0.39, 0.29) is 5.92 Å². The average molecular weight is 224 g/mol. The van der Waals surface area contributed by atoms with Gasteiger partial charge in [-0.15, -0.1) is 0 Å². The van der Waals surface area contributed by atoms with Crippen molar-refractivity contribution in [2.75, 3.05) is 19.6 Å². The second-order valence-electron chi connectivity index (χ2n) is 3.11. The molecule has 1 saturated heterocycles. The van der Waals surface area contributed by atoms with Gasteiger partial charge in [0.2, 0.25) is 0 Å². The third-order valence-corrected chi connectivity index (χ3v) is 2.72. The summed E-state index contributed by atoms with van der Waals surface area (Å²) >= 11 is 11.1. The number of aliphatic carboxylic acids is 1. The molecule has 0 radical (unpaired) electrons. The summed E-state index contributed by atoms with van der Waals surface area (Å²) in [5.74, 6) is -0.978. The molecule has 0 aliphatic carbocycles. The SMILES string of the molecule is O=C(O)C1CCN(CC(Cl)=CCl)C1. The lowest BCUT2D eigenvalue weighted by atomic mass is 10.1. The van der Waals surface area contributed by atoms with E-state index >= 15 is 0 Å². The number of likely N-dealkylation sites (tertiary alicyclic amines) is 1. The van der Waals surface area contributed by atoms with Crippen molar-refractivity contribution in [3.8, 4) is 0 Å². The summed E-state index contributed by atoms with van der Waals surface area (Å²) in [6.07, 6.45) is 0.696. The van der Waals surface area contributed by atoms with Crippen molar-refractivity contribution in [2.24, 2.45) is 5.92 Å². The Bertz CT molecular complexity index is 230. The Kier molecular flexibility index (Phi) is 4.03. The van der Waals surface area contributed by atoms with Crippen molar-refractivity contribution in [1.29, 1.82) is 0 Å². The quantitative estimate of drug-likeness (QED) is 0.793. The van der Waals surface area contributed by atoms with E-state index in [1.807, 2.05) is 4.90 Å². The van der Waals surface area contributed by atoms with Gasteiger partial charge in [-0.3, -0.25) is 9.69 Å². The molecule has 3 nitrogen and oxygen atoms in total. The van der Waals surface area contributed by atoms with Gasteiger partial charge < -0.3 is 5.11 Å². The molecule has 74 valence electrons. The Labute approximate surface area is 86.9 Å². The fourth-order valence-electron chi connectivity index (χ4n) is 1.43. The Morgan fingerprint density at radius 2 is 2.38 bits per heavy atom. The van der Waals surface area contributed by atoms with E-state index < -0.39 is 5.97 Å². The maximum Gasteiger partial charge on any atom is 0.307 e. The molecule has 1 aliphatic heterocycles. The Morgan fingerprint density at radius 3 is 2.85 bits per heavy atom. The molecule has 1 unspecified atom stereocenters. The largest absolute Gasteiger partial charge is 0.481 e. The number of hydrogen-bond donors (Lipinski definition) is 1. The third kappa shape index (κ3) is 3.18. The maximum absolute atomic E-state index is 10.6. The number of halogens is 2. The molecular formula is C8H11Cl2NO2. The number of hydrogen-bond acceptors (Lipinski definition) is 2. The summed E-state index contributed by atoms with van der Waals surface area (Å²) in [7, 11) is 0. The van der Waals surface area contributed by atoms with Crippen LogP contribution in [0.15, 0.2) is 10.6 Å². The maximum atomic E-state index is 10.6. The summed E-state index contributed by atoms with van der Waals surface area (Å²) < 4.78 is 0. The van der Waals surface area contributed by atoms with E-state index in [1.54, 1.807) is 0 Å². The van der Waals surface area contributed by atoms with Crippen LogP contribution in [0.25, 0.3) is 0 Å². The van der Waals surface area contributed by atoms with Crippen molar-refractivity contribution in [2.45, 2.75) is 6.42 Å². The first-order valence-electron chi connectivity index (χ1n) is 4.03. The molecule has 1 atom stereocenters. The molecule has 0 bridgehead atoms. The molecule has 0 saturated carbocycles. The number of carbonyl (C=O) groups is 1. The van der Waals surface area contributed by atoms with Crippen LogP contribution in [0.3, 0.4) is 0 Å². The van der Waals surface area contributed by atoms with Crippen molar-refractivity contribution in [3.63, 3.8) is 0 Å². The minimum absolute atomic E-state index is 0.250. The van der Waals surface area contributed by atoms with Crippen LogP contribution in [0.2, 0.25) is 0 Å². The van der Waals surface area contributed by atoms with Gasteiger partial charge in [0.15, 0.2) is 0 Å². The lowest BCUT2D eigenvalue weighted by Gasteiger charge is -2.13. The Balaban J connectivity index is 2.37. The fraction of sp³-hybridized carbons (Fsp3) is 0.625. The molecule has 0 amide bonds. The molecule has 1 fully saturated rings. The van der Waals surface area contributed by atoms with Crippen LogP contribution in [-0.2, 0) is 4.79 Å². The van der Waals surface area contributed by atoms with Gasteiger partial charge in [0, 0.05) is 23.7 Å². The predicted molar refractivity (Wildman–Crippen MR) is 52.0 cm³/mol. The van der Waals surface area contributed by atoms with Gasteiger partial charge in [0.05, 0.1) is 5.92 Å². The molecule has 0 aromatic carbocycles. The summed E-state index contributed by atoms with van der Waals surface area (Å²) in [5.41, 5.74) is 1.32. The predicted octanol–water partition coefficient (Wildman–Crippen LogP) is 1.71. The van der Waals surface area contributed by atoms with Crippen LogP contribution in [0, 0.1) is 5.92 Å². The Hall–Kier alpha value is -0.250. The van der Waals surface area contributed by atoms with Crippen molar-refractivity contribution in [3.05, 3.63) is 10.6 Å².